The molecular weight excluding hydrogens is 470 g/mol. The predicted octanol–water partition coefficient (Wildman–Crippen LogP) is 5.31. The van der Waals surface area contributed by atoms with Crippen molar-refractivity contribution in [1.82, 2.24) is 5.32 Å². The number of carbonyl (C=O) groups is 3. The van der Waals surface area contributed by atoms with Gasteiger partial charge in [0.15, 0.2) is 0 Å². The molecule has 1 aliphatic carbocycles. The van der Waals surface area contributed by atoms with Gasteiger partial charge in [-0.15, -0.1) is 0 Å². The summed E-state index contributed by atoms with van der Waals surface area (Å²) in [5.41, 5.74) is 5.33. The number of amides is 1. The fourth-order valence-electron chi connectivity index (χ4n) is 4.36. The molecular formula is C30H31NO6. The molecule has 2 N–H and O–H groups in total. The van der Waals surface area contributed by atoms with Gasteiger partial charge in [0.1, 0.15) is 19.3 Å². The Labute approximate surface area is 216 Å². The van der Waals surface area contributed by atoms with E-state index in [1.165, 1.54) is 0 Å². The Morgan fingerprint density at radius 2 is 1.38 bits per heavy atom. The molecule has 0 bridgehead atoms. The second kappa shape index (κ2) is 10.9. The highest BCUT2D eigenvalue weighted by molar-refractivity contribution is 5.81. The molecule has 37 heavy (non-hydrogen) atoms. The van der Waals surface area contributed by atoms with Crippen LogP contribution in [0.2, 0.25) is 0 Å². The molecule has 4 rings (SSSR count). The van der Waals surface area contributed by atoms with Crippen molar-refractivity contribution in [2.75, 3.05) is 6.61 Å². The second-order valence-electron chi connectivity index (χ2n) is 10.2. The van der Waals surface area contributed by atoms with Gasteiger partial charge in [-0.1, -0.05) is 72.8 Å². The summed E-state index contributed by atoms with van der Waals surface area (Å²) in [6.07, 6.45) is -0.693. The molecule has 3 aromatic rings. The zero-order valence-corrected chi connectivity index (χ0v) is 21.2. The average molecular weight is 502 g/mol. The molecule has 7 heteroatoms. The maximum atomic E-state index is 12.6. The van der Waals surface area contributed by atoms with E-state index < -0.39 is 23.5 Å². The lowest BCUT2D eigenvalue weighted by atomic mass is 9.97. The number of ether oxygens (including phenoxy) is 2. The van der Waals surface area contributed by atoms with Crippen LogP contribution in [0.1, 0.15) is 48.9 Å². The molecule has 0 radical (unpaired) electrons. The van der Waals surface area contributed by atoms with Crippen LogP contribution in [0.3, 0.4) is 0 Å². The SMILES string of the molecule is CC(C)(C)C(=O)OCc1ccc(C[C@H](NC(=O)OCC2c3ccccc3-c3ccccc32)C(=O)O)cc1. The lowest BCUT2D eigenvalue weighted by molar-refractivity contribution is -0.154. The number of hydrogen-bond donors (Lipinski definition) is 2. The van der Waals surface area contributed by atoms with Crippen molar-refractivity contribution in [3.63, 3.8) is 0 Å². The summed E-state index contributed by atoms with van der Waals surface area (Å²) in [4.78, 5) is 36.4. The Bertz CT molecular complexity index is 1250. The third kappa shape index (κ3) is 6.17. The average Bonchev–Trinajstić information content (AvgIpc) is 3.19. The molecule has 1 aliphatic rings. The molecule has 0 fully saturated rings. The lowest BCUT2D eigenvalue weighted by Crippen LogP contribution is -2.42. The molecule has 0 heterocycles. The van der Waals surface area contributed by atoms with Crippen molar-refractivity contribution in [3.05, 3.63) is 95.1 Å². The molecule has 0 aromatic heterocycles. The fourth-order valence-corrected chi connectivity index (χ4v) is 4.36. The Morgan fingerprint density at radius 3 is 1.92 bits per heavy atom. The molecule has 0 saturated carbocycles. The van der Waals surface area contributed by atoms with Crippen LogP contribution >= 0.6 is 0 Å². The molecule has 0 aliphatic heterocycles. The molecule has 0 spiro atoms. The minimum absolute atomic E-state index is 0.0849. The first kappa shape index (κ1) is 25.9. The van der Waals surface area contributed by atoms with Crippen LogP contribution in [0.5, 0.6) is 0 Å². The van der Waals surface area contributed by atoms with E-state index in [-0.39, 0.29) is 31.5 Å². The largest absolute Gasteiger partial charge is 0.480 e. The number of esters is 1. The second-order valence-corrected chi connectivity index (χ2v) is 10.2. The van der Waals surface area contributed by atoms with E-state index in [0.717, 1.165) is 33.4 Å². The van der Waals surface area contributed by atoms with Crippen molar-refractivity contribution in [3.8, 4) is 11.1 Å². The molecule has 192 valence electrons. The molecule has 7 nitrogen and oxygen atoms in total. The fraction of sp³-hybridized carbons (Fsp3) is 0.300. The summed E-state index contributed by atoms with van der Waals surface area (Å²) in [6, 6.07) is 21.9. The van der Waals surface area contributed by atoms with Gasteiger partial charge in [0, 0.05) is 12.3 Å². The Kier molecular flexibility index (Phi) is 7.62. The Hall–Kier alpha value is -4.13. The predicted molar refractivity (Wildman–Crippen MR) is 139 cm³/mol. The first-order chi connectivity index (χ1) is 17.6. The van der Waals surface area contributed by atoms with Gasteiger partial charge in [0.05, 0.1) is 5.41 Å². The molecule has 0 saturated heterocycles. The molecule has 0 unspecified atom stereocenters. The Morgan fingerprint density at radius 1 is 0.838 bits per heavy atom. The minimum Gasteiger partial charge on any atom is -0.480 e. The van der Waals surface area contributed by atoms with Gasteiger partial charge < -0.3 is 19.9 Å². The van der Waals surface area contributed by atoms with Gasteiger partial charge in [0.2, 0.25) is 0 Å². The van der Waals surface area contributed by atoms with Crippen molar-refractivity contribution < 1.29 is 29.0 Å². The highest BCUT2D eigenvalue weighted by atomic mass is 16.5. The van der Waals surface area contributed by atoms with Crippen molar-refractivity contribution in [2.24, 2.45) is 5.41 Å². The normalized spacial score (nSPS) is 13.3. The highest BCUT2D eigenvalue weighted by Crippen LogP contribution is 2.44. The monoisotopic (exact) mass is 501 g/mol. The topological polar surface area (TPSA) is 102 Å². The standard InChI is InChI=1S/C30H31NO6/c1-30(2,3)28(34)36-17-20-14-12-19(13-15-20)16-26(27(32)33)31-29(35)37-18-25-23-10-6-4-8-21(23)22-9-5-7-11-24(22)25/h4-15,25-26H,16-18H2,1-3H3,(H,31,35)(H,32,33)/t26-/m0/s1. The number of alkyl carbamates (subject to hydrolysis) is 1. The molecule has 3 aromatic carbocycles. The quantitative estimate of drug-likeness (QED) is 0.406. The Balaban J connectivity index is 1.34. The van der Waals surface area contributed by atoms with Crippen molar-refractivity contribution in [2.45, 2.75) is 45.8 Å². The first-order valence-electron chi connectivity index (χ1n) is 12.2. The minimum atomic E-state index is -1.16. The summed E-state index contributed by atoms with van der Waals surface area (Å²) in [5, 5.41) is 12.1. The number of benzene rings is 3. The van der Waals surface area contributed by atoms with Crippen LogP contribution in [-0.4, -0.2) is 35.8 Å². The van der Waals surface area contributed by atoms with Crippen LogP contribution in [-0.2, 0) is 32.1 Å². The van der Waals surface area contributed by atoms with Crippen molar-refractivity contribution >= 4 is 18.0 Å². The van der Waals surface area contributed by atoms with Crippen LogP contribution in [0.15, 0.2) is 72.8 Å². The van der Waals surface area contributed by atoms with E-state index in [4.69, 9.17) is 9.47 Å². The number of carboxylic acids is 1. The summed E-state index contributed by atoms with van der Waals surface area (Å²) in [5.74, 6) is -1.56. The van der Waals surface area contributed by atoms with Crippen LogP contribution in [0.25, 0.3) is 11.1 Å². The van der Waals surface area contributed by atoms with E-state index >= 15 is 0 Å². The first-order valence-corrected chi connectivity index (χ1v) is 12.2. The maximum absolute atomic E-state index is 12.6. The van der Waals surface area contributed by atoms with E-state index in [1.807, 2.05) is 36.4 Å². The number of nitrogens with one attached hydrogen (secondary N) is 1. The maximum Gasteiger partial charge on any atom is 0.407 e. The zero-order chi connectivity index (χ0) is 26.6. The number of carbonyl (C=O) groups excluding carboxylic acids is 2. The van der Waals surface area contributed by atoms with Gasteiger partial charge in [-0.25, -0.2) is 9.59 Å². The van der Waals surface area contributed by atoms with E-state index in [0.29, 0.717) is 0 Å². The van der Waals surface area contributed by atoms with E-state index in [2.05, 4.69) is 17.4 Å². The van der Waals surface area contributed by atoms with Crippen LogP contribution < -0.4 is 5.32 Å². The van der Waals surface area contributed by atoms with Gasteiger partial charge in [-0.2, -0.15) is 0 Å². The number of aliphatic carboxylic acids is 1. The van der Waals surface area contributed by atoms with Gasteiger partial charge >= 0.3 is 18.0 Å². The zero-order valence-electron chi connectivity index (χ0n) is 21.2. The number of hydrogen-bond acceptors (Lipinski definition) is 5. The lowest BCUT2D eigenvalue weighted by Gasteiger charge is -2.18. The smallest absolute Gasteiger partial charge is 0.407 e. The summed E-state index contributed by atoms with van der Waals surface area (Å²) < 4.78 is 10.8. The van der Waals surface area contributed by atoms with E-state index in [9.17, 15) is 19.5 Å². The van der Waals surface area contributed by atoms with Crippen molar-refractivity contribution in [1.29, 1.82) is 0 Å². The number of carboxylic acid groups (broad SMARTS) is 1. The summed E-state index contributed by atoms with van der Waals surface area (Å²) in [6.45, 7) is 5.60. The highest BCUT2D eigenvalue weighted by Gasteiger charge is 2.30. The molecule has 1 atom stereocenters. The third-order valence-corrected chi connectivity index (χ3v) is 6.38. The summed E-state index contributed by atoms with van der Waals surface area (Å²) >= 11 is 0. The summed E-state index contributed by atoms with van der Waals surface area (Å²) in [7, 11) is 0. The number of rotatable bonds is 8. The van der Waals surface area contributed by atoms with E-state index in [1.54, 1.807) is 45.0 Å². The number of fused-ring (bicyclic) bond motifs is 3. The van der Waals surface area contributed by atoms with Gasteiger partial charge in [0.25, 0.3) is 0 Å². The molecule has 1 amide bonds. The van der Waals surface area contributed by atoms with Gasteiger partial charge in [-0.3, -0.25) is 4.79 Å². The van der Waals surface area contributed by atoms with Crippen LogP contribution in [0.4, 0.5) is 4.79 Å². The van der Waals surface area contributed by atoms with Crippen LogP contribution in [0, 0.1) is 5.41 Å². The van der Waals surface area contributed by atoms with Gasteiger partial charge in [-0.05, 0) is 54.2 Å². The third-order valence-electron chi connectivity index (χ3n) is 6.38.